The van der Waals surface area contributed by atoms with Crippen molar-refractivity contribution in [2.45, 2.75) is 6.92 Å². The third kappa shape index (κ3) is 3.21. The maximum atomic E-state index is 12.1. The highest BCUT2D eigenvalue weighted by Gasteiger charge is 2.12. The summed E-state index contributed by atoms with van der Waals surface area (Å²) in [6, 6.07) is 8.31. The van der Waals surface area contributed by atoms with Gasteiger partial charge >= 0.3 is 0 Å². The molecule has 0 fully saturated rings. The first kappa shape index (κ1) is 13.3. The number of rotatable bonds is 3. The molecule has 0 aliphatic carbocycles. The highest BCUT2D eigenvalue weighted by Crippen LogP contribution is 2.18. The van der Waals surface area contributed by atoms with E-state index in [4.69, 9.17) is 16.8 Å². The van der Waals surface area contributed by atoms with E-state index in [1.165, 1.54) is 6.20 Å². The topological polar surface area (TPSA) is 74.2 Å². The van der Waals surface area contributed by atoms with Crippen molar-refractivity contribution in [2.24, 2.45) is 0 Å². The lowest BCUT2D eigenvalue weighted by Crippen LogP contribution is -2.15. The van der Waals surface area contributed by atoms with Crippen LogP contribution in [-0.2, 0) is 0 Å². The van der Waals surface area contributed by atoms with Crippen LogP contribution in [0.4, 0.5) is 11.5 Å². The zero-order chi connectivity index (χ0) is 13.8. The lowest BCUT2D eigenvalue weighted by atomic mass is 10.1. The summed E-state index contributed by atoms with van der Waals surface area (Å²) in [5.41, 5.74) is 3.57. The monoisotopic (exact) mass is 277 g/mol. The number of nitrogens with one attached hydrogen (secondary N) is 2. The smallest absolute Gasteiger partial charge is 0.259 e. The zero-order valence-electron chi connectivity index (χ0n) is 10.1. The summed E-state index contributed by atoms with van der Waals surface area (Å²) in [6.07, 6.45) is 1.44. The molecule has 2 aromatic rings. The summed E-state index contributed by atoms with van der Waals surface area (Å²) >= 11 is 5.72. The van der Waals surface area contributed by atoms with Crippen LogP contribution in [-0.4, -0.2) is 16.1 Å². The number of pyridine rings is 1. The first-order chi connectivity index (χ1) is 9.10. The Morgan fingerprint density at radius 3 is 2.74 bits per heavy atom. The van der Waals surface area contributed by atoms with E-state index in [0.29, 0.717) is 22.1 Å². The number of amides is 1. The van der Waals surface area contributed by atoms with Crippen LogP contribution in [0.2, 0.25) is 5.02 Å². The minimum Gasteiger partial charge on any atom is -0.306 e. The minimum absolute atomic E-state index is 0.331. The Bertz CT molecular complexity index is 599. The lowest BCUT2D eigenvalue weighted by Gasteiger charge is -2.09. The van der Waals surface area contributed by atoms with Gasteiger partial charge in [0.25, 0.3) is 5.91 Å². The van der Waals surface area contributed by atoms with Crippen molar-refractivity contribution in [3.05, 3.63) is 52.7 Å². The molecule has 1 heterocycles. The maximum absolute atomic E-state index is 12.1. The highest BCUT2D eigenvalue weighted by atomic mass is 35.5. The number of hydrogen-bond acceptors (Lipinski definition) is 4. The molecule has 1 aromatic carbocycles. The van der Waals surface area contributed by atoms with E-state index in [0.717, 1.165) is 5.56 Å². The fourth-order valence-electron chi connectivity index (χ4n) is 1.58. The molecule has 1 aromatic heterocycles. The number of halogens is 1. The Morgan fingerprint density at radius 2 is 2.11 bits per heavy atom. The first-order valence-corrected chi connectivity index (χ1v) is 5.91. The van der Waals surface area contributed by atoms with E-state index in [9.17, 15) is 4.79 Å². The fourth-order valence-corrected chi connectivity index (χ4v) is 1.69. The molecule has 0 spiro atoms. The second-order valence-electron chi connectivity index (χ2n) is 3.98. The summed E-state index contributed by atoms with van der Waals surface area (Å²) in [5, 5.41) is 12.1. The van der Waals surface area contributed by atoms with Crippen LogP contribution >= 0.6 is 11.6 Å². The third-order valence-electron chi connectivity index (χ3n) is 2.51. The molecule has 2 rings (SSSR count). The van der Waals surface area contributed by atoms with E-state index in [1.54, 1.807) is 30.3 Å². The second kappa shape index (κ2) is 5.69. The molecule has 0 bridgehead atoms. The maximum Gasteiger partial charge on any atom is 0.259 e. The molecule has 0 atom stereocenters. The summed E-state index contributed by atoms with van der Waals surface area (Å²) in [4.78, 5) is 16.1. The van der Waals surface area contributed by atoms with Crippen LogP contribution in [0.15, 0.2) is 36.5 Å². The van der Waals surface area contributed by atoms with E-state index < -0.39 is 0 Å². The van der Waals surface area contributed by atoms with Gasteiger partial charge in [0.15, 0.2) is 0 Å². The van der Waals surface area contributed by atoms with Gasteiger partial charge in [-0.15, -0.1) is 0 Å². The average Bonchev–Trinajstić information content (AvgIpc) is 2.41. The SMILES string of the molecule is Cc1ccc(NO)c(C(=O)Nc2ccc(Cl)cn2)c1. The van der Waals surface area contributed by atoms with Gasteiger partial charge in [0.05, 0.1) is 16.3 Å². The number of hydrogen-bond donors (Lipinski definition) is 3. The van der Waals surface area contributed by atoms with Gasteiger partial charge in [0.2, 0.25) is 0 Å². The van der Waals surface area contributed by atoms with Crippen LogP contribution in [0.3, 0.4) is 0 Å². The Labute approximate surface area is 115 Å². The second-order valence-corrected chi connectivity index (χ2v) is 4.41. The van der Waals surface area contributed by atoms with E-state index in [-0.39, 0.29) is 5.91 Å². The van der Waals surface area contributed by atoms with Gasteiger partial charge in [0.1, 0.15) is 5.82 Å². The van der Waals surface area contributed by atoms with Crippen molar-refractivity contribution in [2.75, 3.05) is 10.8 Å². The normalized spacial score (nSPS) is 10.1. The zero-order valence-corrected chi connectivity index (χ0v) is 10.9. The Balaban J connectivity index is 2.24. The van der Waals surface area contributed by atoms with Crippen molar-refractivity contribution >= 4 is 29.0 Å². The standard InChI is InChI=1S/C13H12ClN3O2/c1-8-2-4-11(17-19)10(6-8)13(18)16-12-5-3-9(14)7-15-12/h2-7,17,19H,1H3,(H,15,16,18). The molecule has 0 aliphatic heterocycles. The Kier molecular flexibility index (Phi) is 3.99. The molecule has 3 N–H and O–H groups in total. The fraction of sp³-hybridized carbons (Fsp3) is 0.0769. The highest BCUT2D eigenvalue weighted by molar-refractivity contribution is 6.30. The molecule has 19 heavy (non-hydrogen) atoms. The molecule has 6 heteroatoms. The predicted molar refractivity (Wildman–Crippen MR) is 73.8 cm³/mol. The molecule has 0 saturated heterocycles. The van der Waals surface area contributed by atoms with Gasteiger partial charge in [-0.05, 0) is 31.2 Å². The number of carbonyl (C=O) groups is 1. The number of benzene rings is 1. The molecule has 0 radical (unpaired) electrons. The number of anilines is 2. The number of nitrogens with zero attached hydrogens (tertiary/aromatic N) is 1. The Hall–Kier alpha value is -2.11. The molecular formula is C13H12ClN3O2. The van der Waals surface area contributed by atoms with Crippen LogP contribution in [0.5, 0.6) is 0 Å². The first-order valence-electron chi connectivity index (χ1n) is 5.54. The summed E-state index contributed by atoms with van der Waals surface area (Å²) in [5.74, 6) is 0.0230. The summed E-state index contributed by atoms with van der Waals surface area (Å²) in [6.45, 7) is 1.86. The molecule has 5 nitrogen and oxygen atoms in total. The van der Waals surface area contributed by atoms with Crippen LogP contribution in [0.25, 0.3) is 0 Å². The van der Waals surface area contributed by atoms with Gasteiger partial charge in [-0.25, -0.2) is 4.98 Å². The van der Waals surface area contributed by atoms with Crippen molar-refractivity contribution in [3.63, 3.8) is 0 Å². The number of aryl methyl sites for hydroxylation is 1. The van der Waals surface area contributed by atoms with Gasteiger partial charge in [0, 0.05) is 6.20 Å². The van der Waals surface area contributed by atoms with Gasteiger partial charge in [-0.2, -0.15) is 0 Å². The largest absolute Gasteiger partial charge is 0.306 e. The van der Waals surface area contributed by atoms with Crippen LogP contribution in [0.1, 0.15) is 15.9 Å². The van der Waals surface area contributed by atoms with Crippen molar-refractivity contribution < 1.29 is 10.0 Å². The van der Waals surface area contributed by atoms with Crippen molar-refractivity contribution in [1.82, 2.24) is 4.98 Å². The van der Waals surface area contributed by atoms with E-state index >= 15 is 0 Å². The quantitative estimate of drug-likeness (QED) is 0.754. The van der Waals surface area contributed by atoms with E-state index in [2.05, 4.69) is 10.3 Å². The summed E-state index contributed by atoms with van der Waals surface area (Å²) < 4.78 is 0. The molecular weight excluding hydrogens is 266 g/mol. The van der Waals surface area contributed by atoms with Crippen LogP contribution in [0, 0.1) is 6.92 Å². The summed E-state index contributed by atoms with van der Waals surface area (Å²) in [7, 11) is 0. The van der Waals surface area contributed by atoms with Gasteiger partial charge in [-0.3, -0.25) is 15.5 Å². The molecule has 0 aliphatic rings. The van der Waals surface area contributed by atoms with Crippen LogP contribution < -0.4 is 10.8 Å². The number of carbonyl (C=O) groups excluding carboxylic acids is 1. The lowest BCUT2D eigenvalue weighted by molar-refractivity contribution is 0.102. The molecule has 0 unspecified atom stereocenters. The minimum atomic E-state index is -0.366. The van der Waals surface area contributed by atoms with Gasteiger partial charge < -0.3 is 5.32 Å². The Morgan fingerprint density at radius 1 is 1.32 bits per heavy atom. The van der Waals surface area contributed by atoms with E-state index in [1.807, 2.05) is 12.4 Å². The van der Waals surface area contributed by atoms with Crippen molar-refractivity contribution in [3.8, 4) is 0 Å². The molecule has 98 valence electrons. The predicted octanol–water partition coefficient (Wildman–Crippen LogP) is 3.10. The van der Waals surface area contributed by atoms with Gasteiger partial charge in [-0.1, -0.05) is 23.2 Å². The third-order valence-corrected chi connectivity index (χ3v) is 2.73. The van der Waals surface area contributed by atoms with Crippen molar-refractivity contribution in [1.29, 1.82) is 0 Å². The number of aromatic nitrogens is 1. The molecule has 0 saturated carbocycles. The average molecular weight is 278 g/mol. The molecule has 1 amide bonds.